The molecule has 0 radical (unpaired) electrons. The zero-order valence-electron chi connectivity index (χ0n) is 22.4. The predicted molar refractivity (Wildman–Crippen MR) is 153 cm³/mol. The summed E-state index contributed by atoms with van der Waals surface area (Å²) in [6.45, 7) is 12.4. The molecule has 4 aromatic rings. The van der Waals surface area contributed by atoms with Crippen molar-refractivity contribution < 1.29 is 14.4 Å². The van der Waals surface area contributed by atoms with Crippen molar-refractivity contribution in [2.45, 2.75) is 33.6 Å². The third-order valence-electron chi connectivity index (χ3n) is 6.15. The van der Waals surface area contributed by atoms with Crippen LogP contribution in [0.2, 0.25) is 0 Å². The highest BCUT2D eigenvalue weighted by molar-refractivity contribution is 5.85. The van der Waals surface area contributed by atoms with Crippen LogP contribution in [-0.4, -0.2) is 34.0 Å². The van der Waals surface area contributed by atoms with E-state index >= 15 is 0 Å². The molecule has 0 aliphatic rings. The van der Waals surface area contributed by atoms with E-state index in [9.17, 15) is 14.9 Å². The van der Waals surface area contributed by atoms with Crippen molar-refractivity contribution in [1.82, 2.24) is 9.66 Å². The second-order valence-electron chi connectivity index (χ2n) is 9.19. The van der Waals surface area contributed by atoms with Crippen molar-refractivity contribution >= 4 is 22.8 Å². The van der Waals surface area contributed by atoms with Crippen molar-refractivity contribution in [1.29, 1.82) is 0 Å². The lowest BCUT2D eigenvalue weighted by molar-refractivity contribution is -0.384. The predicted octanol–water partition coefficient (Wildman–Crippen LogP) is 6.25. The first-order chi connectivity index (χ1) is 18.7. The maximum Gasteiger partial charge on any atom is 0.282 e. The van der Waals surface area contributed by atoms with Crippen LogP contribution in [0.1, 0.15) is 43.4 Å². The van der Waals surface area contributed by atoms with Gasteiger partial charge in [0.2, 0.25) is 0 Å². The molecule has 200 valence electrons. The Bertz CT molecular complexity index is 1640. The number of ether oxygens (including phenoxy) is 2. The van der Waals surface area contributed by atoms with Crippen LogP contribution in [0.15, 0.2) is 77.1 Å². The average Bonchev–Trinajstić information content (AvgIpc) is 2.91. The Balaban J connectivity index is 1.97. The van der Waals surface area contributed by atoms with Crippen LogP contribution in [0.4, 0.5) is 5.69 Å². The van der Waals surface area contributed by atoms with Crippen molar-refractivity contribution in [3.63, 3.8) is 0 Å². The monoisotopic (exact) mass is 526 g/mol. The summed E-state index contributed by atoms with van der Waals surface area (Å²) in [6, 6.07) is 15.2. The Hall–Kier alpha value is -4.79. The molecule has 0 saturated carbocycles. The van der Waals surface area contributed by atoms with Gasteiger partial charge in [0.15, 0.2) is 5.82 Å². The molecule has 0 saturated heterocycles. The quantitative estimate of drug-likeness (QED) is 0.105. The number of rotatable bonds is 10. The number of hydrogen-bond acceptors (Lipinski definition) is 7. The summed E-state index contributed by atoms with van der Waals surface area (Å²) in [5.74, 6) is 1.65. The fraction of sp³-hybridized carbons (Fsp3) is 0.233. The molecule has 3 aromatic carbocycles. The van der Waals surface area contributed by atoms with E-state index in [0.29, 0.717) is 34.6 Å². The van der Waals surface area contributed by atoms with Crippen molar-refractivity contribution in [3.8, 4) is 22.9 Å². The van der Waals surface area contributed by atoms with Gasteiger partial charge in [0.05, 0.1) is 28.6 Å². The summed E-state index contributed by atoms with van der Waals surface area (Å²) >= 11 is 0. The number of benzene rings is 3. The second kappa shape index (κ2) is 11.7. The molecular weight excluding hydrogens is 496 g/mol. The molecule has 9 nitrogen and oxygen atoms in total. The Morgan fingerprint density at radius 1 is 1.13 bits per heavy atom. The summed E-state index contributed by atoms with van der Waals surface area (Å²) in [5.41, 5.74) is 2.94. The molecule has 0 amide bonds. The highest BCUT2D eigenvalue weighted by atomic mass is 16.6. The van der Waals surface area contributed by atoms with Crippen LogP contribution < -0.4 is 15.0 Å². The SMILES string of the molecule is C=CCOc1ccc([N+](=O)[O-])cc1C=Nn1c(-c2cc(C(C)C)c(OCC)cc2C)nc2ccccc2c1=O. The molecule has 0 aliphatic heterocycles. The lowest BCUT2D eigenvalue weighted by Gasteiger charge is -2.18. The zero-order valence-corrected chi connectivity index (χ0v) is 22.4. The number of nitro groups is 1. The lowest BCUT2D eigenvalue weighted by atomic mass is 9.96. The van der Waals surface area contributed by atoms with E-state index in [4.69, 9.17) is 14.5 Å². The summed E-state index contributed by atoms with van der Waals surface area (Å²) < 4.78 is 12.8. The van der Waals surface area contributed by atoms with Gasteiger partial charge in [0, 0.05) is 23.3 Å². The number of hydrogen-bond donors (Lipinski definition) is 0. The number of aromatic nitrogens is 2. The van der Waals surface area contributed by atoms with Gasteiger partial charge in [0.1, 0.15) is 18.1 Å². The van der Waals surface area contributed by atoms with E-state index in [2.05, 4.69) is 25.5 Å². The number of non-ortho nitro benzene ring substituents is 1. The standard InChI is InChI=1S/C30H30N4O5/c1-6-14-39-27-13-12-22(34(36)37)16-21(27)18-31-33-29(32-26-11-9-8-10-23(26)30(33)35)25-17-24(19(3)4)28(38-7-2)15-20(25)5/h6,8-13,15-19H,1,7,14H2,2-5H3. The molecule has 1 aromatic heterocycles. The Morgan fingerprint density at radius 3 is 2.59 bits per heavy atom. The highest BCUT2D eigenvalue weighted by Gasteiger charge is 2.19. The molecule has 0 unspecified atom stereocenters. The summed E-state index contributed by atoms with van der Waals surface area (Å²) in [5, 5.41) is 16.3. The number of fused-ring (bicyclic) bond motifs is 1. The summed E-state index contributed by atoms with van der Waals surface area (Å²) in [6.07, 6.45) is 2.94. The van der Waals surface area contributed by atoms with Gasteiger partial charge >= 0.3 is 0 Å². The Labute approximate surface area is 226 Å². The van der Waals surface area contributed by atoms with Crippen LogP contribution in [-0.2, 0) is 0 Å². The van der Waals surface area contributed by atoms with Crippen LogP contribution in [0.3, 0.4) is 0 Å². The van der Waals surface area contributed by atoms with Crippen molar-refractivity contribution in [2.24, 2.45) is 5.10 Å². The molecule has 0 aliphatic carbocycles. The lowest BCUT2D eigenvalue weighted by Crippen LogP contribution is -2.21. The summed E-state index contributed by atoms with van der Waals surface area (Å²) in [7, 11) is 0. The van der Waals surface area contributed by atoms with Crippen LogP contribution in [0.25, 0.3) is 22.3 Å². The largest absolute Gasteiger partial charge is 0.494 e. The molecular formula is C30H30N4O5. The molecule has 0 atom stereocenters. The second-order valence-corrected chi connectivity index (χ2v) is 9.19. The molecule has 0 N–H and O–H groups in total. The zero-order chi connectivity index (χ0) is 28.1. The van der Waals surface area contributed by atoms with Gasteiger partial charge in [-0.2, -0.15) is 9.78 Å². The van der Waals surface area contributed by atoms with Gasteiger partial charge in [-0.1, -0.05) is 38.6 Å². The number of aryl methyl sites for hydroxylation is 1. The fourth-order valence-electron chi connectivity index (χ4n) is 4.23. The third-order valence-corrected chi connectivity index (χ3v) is 6.15. The van der Waals surface area contributed by atoms with Gasteiger partial charge in [-0.15, -0.1) is 0 Å². The molecule has 39 heavy (non-hydrogen) atoms. The normalized spacial score (nSPS) is 11.3. The minimum absolute atomic E-state index is 0.129. The summed E-state index contributed by atoms with van der Waals surface area (Å²) in [4.78, 5) is 29.5. The van der Waals surface area contributed by atoms with E-state index in [1.165, 1.54) is 29.1 Å². The molecule has 0 spiro atoms. The maximum atomic E-state index is 13.7. The fourth-order valence-corrected chi connectivity index (χ4v) is 4.23. The van der Waals surface area contributed by atoms with Gasteiger partial charge < -0.3 is 9.47 Å². The van der Waals surface area contributed by atoms with E-state index < -0.39 is 4.92 Å². The van der Waals surface area contributed by atoms with Crippen LogP contribution >= 0.6 is 0 Å². The first kappa shape index (κ1) is 27.3. The first-order valence-corrected chi connectivity index (χ1v) is 12.6. The van der Waals surface area contributed by atoms with Gasteiger partial charge in [-0.25, -0.2) is 4.98 Å². The third kappa shape index (κ3) is 5.72. The molecule has 0 fully saturated rings. The highest BCUT2D eigenvalue weighted by Crippen LogP contribution is 2.34. The van der Waals surface area contributed by atoms with Gasteiger partial charge in [-0.3, -0.25) is 14.9 Å². The smallest absolute Gasteiger partial charge is 0.282 e. The first-order valence-electron chi connectivity index (χ1n) is 12.6. The number of nitro benzene ring substituents is 1. The van der Waals surface area contributed by atoms with E-state index in [1.807, 2.05) is 32.0 Å². The van der Waals surface area contributed by atoms with Crippen molar-refractivity contribution in [3.05, 3.63) is 104 Å². The Kier molecular flexibility index (Phi) is 8.19. The molecule has 9 heteroatoms. The number of nitrogens with zero attached hydrogens (tertiary/aromatic N) is 4. The minimum atomic E-state index is -0.499. The Morgan fingerprint density at radius 2 is 1.90 bits per heavy atom. The maximum absolute atomic E-state index is 13.7. The molecule has 0 bridgehead atoms. The van der Waals surface area contributed by atoms with E-state index in [-0.39, 0.29) is 23.8 Å². The van der Waals surface area contributed by atoms with Crippen molar-refractivity contribution in [2.75, 3.05) is 13.2 Å². The minimum Gasteiger partial charge on any atom is -0.494 e. The molecule has 4 rings (SSSR count). The topological polar surface area (TPSA) is 109 Å². The van der Waals surface area contributed by atoms with Gasteiger partial charge in [-0.05, 0) is 61.2 Å². The number of para-hydroxylation sites is 1. The van der Waals surface area contributed by atoms with E-state index in [0.717, 1.165) is 22.4 Å². The van der Waals surface area contributed by atoms with Gasteiger partial charge in [0.25, 0.3) is 11.2 Å². The van der Waals surface area contributed by atoms with Crippen LogP contribution in [0, 0.1) is 17.0 Å². The average molecular weight is 527 g/mol. The van der Waals surface area contributed by atoms with E-state index in [1.54, 1.807) is 24.3 Å². The van der Waals surface area contributed by atoms with Crippen LogP contribution in [0.5, 0.6) is 11.5 Å². The molecule has 1 heterocycles.